The minimum Gasteiger partial charge on any atom is -0.462 e. The van der Waals surface area contributed by atoms with Crippen LogP contribution in [0.5, 0.6) is 0 Å². The van der Waals surface area contributed by atoms with E-state index in [4.69, 9.17) is 19.3 Å². The first-order valence-electron chi connectivity index (χ1n) is 19.4. The highest BCUT2D eigenvalue weighted by Crippen LogP contribution is 2.36. The third kappa shape index (κ3) is 39.9. The van der Waals surface area contributed by atoms with E-state index in [1.54, 1.807) is 0 Å². The van der Waals surface area contributed by atoms with Gasteiger partial charge in [-0.15, -0.1) is 0 Å². The molecule has 0 aromatic carbocycles. The Labute approximate surface area is 310 Å². The summed E-state index contributed by atoms with van der Waals surface area (Å²) in [6.07, 6.45) is 48.7. The molecule has 9 heteroatoms. The van der Waals surface area contributed by atoms with E-state index in [-0.39, 0.29) is 19.4 Å². The van der Waals surface area contributed by atoms with Crippen LogP contribution in [-0.2, 0) is 28.2 Å². The lowest BCUT2D eigenvalue weighted by Crippen LogP contribution is -2.29. The molecule has 0 rings (SSSR count). The average molecular weight is 733 g/mol. The van der Waals surface area contributed by atoms with Crippen LogP contribution in [0.3, 0.4) is 0 Å². The maximum atomic E-state index is 12.4. The number of phosphoric ester groups is 1. The van der Waals surface area contributed by atoms with Gasteiger partial charge in [0, 0.05) is 12.8 Å². The Hall–Kier alpha value is -2.77. The average Bonchev–Trinajstić information content (AvgIpc) is 3.10. The zero-order valence-corrected chi connectivity index (χ0v) is 32.6. The number of allylic oxidation sites excluding steroid dienone is 14. The molecule has 0 aromatic rings. The minimum atomic E-state index is -4.77. The normalized spacial score (nSPS) is 13.4. The van der Waals surface area contributed by atoms with Crippen LogP contribution in [0, 0.1) is 0 Å². The molecule has 0 aliphatic heterocycles. The lowest BCUT2D eigenvalue weighted by atomic mass is 10.1. The highest BCUT2D eigenvalue weighted by atomic mass is 31.2. The molecule has 0 fully saturated rings. The number of esters is 2. The van der Waals surface area contributed by atoms with Crippen molar-refractivity contribution in [3.63, 3.8) is 0 Å². The van der Waals surface area contributed by atoms with E-state index in [0.29, 0.717) is 12.8 Å². The lowest BCUT2D eigenvalue weighted by molar-refractivity contribution is -0.161. The van der Waals surface area contributed by atoms with Gasteiger partial charge in [-0.3, -0.25) is 14.1 Å². The van der Waals surface area contributed by atoms with Crippen LogP contribution in [0.1, 0.15) is 149 Å². The molecule has 51 heavy (non-hydrogen) atoms. The van der Waals surface area contributed by atoms with Crippen molar-refractivity contribution in [2.24, 2.45) is 0 Å². The second-order valence-corrected chi connectivity index (χ2v) is 13.8. The van der Waals surface area contributed by atoms with Gasteiger partial charge in [-0.05, 0) is 83.5 Å². The Morgan fingerprint density at radius 1 is 0.529 bits per heavy atom. The molecule has 0 radical (unpaired) electrons. The first-order chi connectivity index (χ1) is 24.8. The van der Waals surface area contributed by atoms with Crippen molar-refractivity contribution in [1.29, 1.82) is 0 Å². The second-order valence-electron chi connectivity index (χ2n) is 12.5. The summed E-state index contributed by atoms with van der Waals surface area (Å²) in [5, 5.41) is 0. The highest BCUT2D eigenvalue weighted by molar-refractivity contribution is 7.46. The molecule has 0 bridgehead atoms. The minimum absolute atomic E-state index is 0.165. The summed E-state index contributed by atoms with van der Waals surface area (Å²) < 4.78 is 26.3. The van der Waals surface area contributed by atoms with Crippen LogP contribution >= 0.6 is 7.82 Å². The summed E-state index contributed by atoms with van der Waals surface area (Å²) in [5.41, 5.74) is 0. The largest absolute Gasteiger partial charge is 0.469 e. The molecule has 0 spiro atoms. The van der Waals surface area contributed by atoms with Gasteiger partial charge in [0.05, 0.1) is 6.61 Å². The number of carbonyl (C=O) groups is 2. The van der Waals surface area contributed by atoms with Crippen LogP contribution < -0.4 is 0 Å². The van der Waals surface area contributed by atoms with Gasteiger partial charge in [0.15, 0.2) is 6.10 Å². The summed E-state index contributed by atoms with van der Waals surface area (Å²) in [7, 11) is -4.77. The molecule has 0 amide bonds. The molecular formula is C42H69O8P. The molecule has 8 nitrogen and oxygen atoms in total. The van der Waals surface area contributed by atoms with Gasteiger partial charge < -0.3 is 19.3 Å². The first-order valence-corrected chi connectivity index (χ1v) is 20.9. The lowest BCUT2D eigenvalue weighted by Gasteiger charge is -2.18. The van der Waals surface area contributed by atoms with Crippen molar-refractivity contribution in [2.75, 3.05) is 13.2 Å². The molecule has 0 heterocycles. The molecule has 0 saturated carbocycles. The number of phosphoric acid groups is 1. The van der Waals surface area contributed by atoms with Crippen LogP contribution in [0.4, 0.5) is 0 Å². The fourth-order valence-electron chi connectivity index (χ4n) is 4.77. The van der Waals surface area contributed by atoms with Gasteiger partial charge in [-0.25, -0.2) is 4.57 Å². The maximum Gasteiger partial charge on any atom is 0.469 e. The maximum absolute atomic E-state index is 12.4. The summed E-state index contributed by atoms with van der Waals surface area (Å²) in [5.74, 6) is -0.948. The Bertz CT molecular complexity index is 1100. The van der Waals surface area contributed by atoms with Gasteiger partial charge in [0.1, 0.15) is 6.61 Å². The molecule has 0 aliphatic rings. The van der Waals surface area contributed by atoms with Crippen LogP contribution in [0.15, 0.2) is 85.1 Å². The number of ether oxygens (including phenoxy) is 2. The van der Waals surface area contributed by atoms with E-state index in [0.717, 1.165) is 96.3 Å². The number of hydrogen-bond donors (Lipinski definition) is 2. The monoisotopic (exact) mass is 732 g/mol. The van der Waals surface area contributed by atoms with Gasteiger partial charge in [-0.1, -0.05) is 137 Å². The van der Waals surface area contributed by atoms with Crippen LogP contribution in [0.25, 0.3) is 0 Å². The fraction of sp³-hybridized carbons (Fsp3) is 0.619. The van der Waals surface area contributed by atoms with Gasteiger partial charge in [0.2, 0.25) is 0 Å². The molecule has 0 aromatic heterocycles. The molecule has 290 valence electrons. The molecule has 2 N–H and O–H groups in total. The fourth-order valence-corrected chi connectivity index (χ4v) is 5.13. The van der Waals surface area contributed by atoms with Crippen molar-refractivity contribution < 1.29 is 37.9 Å². The van der Waals surface area contributed by atoms with Gasteiger partial charge in [0.25, 0.3) is 0 Å². The van der Waals surface area contributed by atoms with E-state index in [2.05, 4.69) is 103 Å². The van der Waals surface area contributed by atoms with Crippen molar-refractivity contribution >= 4 is 19.8 Å². The zero-order valence-electron chi connectivity index (χ0n) is 31.7. The van der Waals surface area contributed by atoms with E-state index in [9.17, 15) is 14.2 Å². The predicted molar refractivity (Wildman–Crippen MR) is 211 cm³/mol. The number of rotatable bonds is 34. The van der Waals surface area contributed by atoms with Crippen molar-refractivity contribution in [1.82, 2.24) is 0 Å². The standard InChI is InChI=1S/C42H69O8P/c1-3-5-7-9-11-13-15-17-19-20-21-22-23-25-27-29-31-33-35-37-42(44)50-40(39-49-51(45,46)47)38-48-41(43)36-34-32-30-28-26-24-18-16-14-12-10-8-6-4-2/h5,7,10-13,16-19,21-22,25,27,40H,3-4,6,8-9,14-15,20,23-24,26,28-39H2,1-2H3,(H2,45,46,47)/b7-5-,12-10-,13-11-,18-16-,19-17-,22-21-,27-25-. The van der Waals surface area contributed by atoms with Crippen LogP contribution in [-0.4, -0.2) is 41.0 Å². The van der Waals surface area contributed by atoms with Crippen molar-refractivity contribution in [2.45, 2.75) is 155 Å². The predicted octanol–water partition coefficient (Wildman–Crippen LogP) is 11.7. The van der Waals surface area contributed by atoms with Crippen LogP contribution in [0.2, 0.25) is 0 Å². The second kappa shape index (κ2) is 37.0. The quantitative estimate of drug-likeness (QED) is 0.0290. The Balaban J connectivity index is 4.08. The van der Waals surface area contributed by atoms with Crippen molar-refractivity contribution in [3.05, 3.63) is 85.1 Å². The summed E-state index contributed by atoms with van der Waals surface area (Å²) >= 11 is 0. The topological polar surface area (TPSA) is 119 Å². The van der Waals surface area contributed by atoms with E-state index >= 15 is 0 Å². The third-order valence-corrected chi connectivity index (χ3v) is 8.13. The highest BCUT2D eigenvalue weighted by Gasteiger charge is 2.22. The Morgan fingerprint density at radius 3 is 1.43 bits per heavy atom. The molecule has 1 atom stereocenters. The summed E-state index contributed by atoms with van der Waals surface area (Å²) in [6, 6.07) is 0. The molecule has 0 saturated heterocycles. The van der Waals surface area contributed by atoms with E-state index in [1.807, 2.05) is 0 Å². The third-order valence-electron chi connectivity index (χ3n) is 7.65. The Morgan fingerprint density at radius 2 is 0.941 bits per heavy atom. The van der Waals surface area contributed by atoms with Gasteiger partial charge in [-0.2, -0.15) is 0 Å². The SMILES string of the molecule is CC/C=C\C/C=C\C/C=C\C/C=C\C/C=C\CCCCCC(=O)OC(COC(=O)CCCCCCC/C=C\C/C=C\CCCC)COP(=O)(O)O. The van der Waals surface area contributed by atoms with Gasteiger partial charge >= 0.3 is 19.8 Å². The van der Waals surface area contributed by atoms with E-state index in [1.165, 1.54) is 12.8 Å². The zero-order chi connectivity index (χ0) is 37.5. The number of carbonyl (C=O) groups excluding carboxylic acids is 2. The smallest absolute Gasteiger partial charge is 0.462 e. The molecule has 1 unspecified atom stereocenters. The molecular weight excluding hydrogens is 663 g/mol. The first kappa shape index (κ1) is 48.2. The van der Waals surface area contributed by atoms with Crippen molar-refractivity contribution in [3.8, 4) is 0 Å². The summed E-state index contributed by atoms with van der Waals surface area (Å²) in [4.78, 5) is 42.7. The number of unbranched alkanes of at least 4 members (excludes halogenated alkanes) is 10. The Kier molecular flexibility index (Phi) is 35.0. The summed E-state index contributed by atoms with van der Waals surface area (Å²) in [6.45, 7) is 3.47. The van der Waals surface area contributed by atoms with E-state index < -0.39 is 32.5 Å². The molecule has 0 aliphatic carbocycles. The number of hydrogen-bond acceptors (Lipinski definition) is 6.